The highest BCUT2D eigenvalue weighted by Crippen LogP contribution is 2.32. The molecule has 3 aromatic rings. The molecular formula is C25H29N3O3. The van der Waals surface area contributed by atoms with Crippen molar-refractivity contribution in [2.24, 2.45) is 5.41 Å². The lowest BCUT2D eigenvalue weighted by molar-refractivity contribution is -0.148. The van der Waals surface area contributed by atoms with Gasteiger partial charge in [0.1, 0.15) is 18.2 Å². The second kappa shape index (κ2) is 8.92. The molecule has 2 aromatic heterocycles. The van der Waals surface area contributed by atoms with E-state index in [2.05, 4.69) is 15.0 Å². The predicted octanol–water partition coefficient (Wildman–Crippen LogP) is 5.68. The zero-order chi connectivity index (χ0) is 21.8. The number of imidazole rings is 1. The van der Waals surface area contributed by atoms with E-state index in [1.54, 1.807) is 13.8 Å². The average Bonchev–Trinajstić information content (AvgIpc) is 3.29. The Balaban J connectivity index is 1.41. The molecule has 0 bridgehead atoms. The van der Waals surface area contributed by atoms with Crippen LogP contribution in [0.1, 0.15) is 57.6 Å². The molecule has 6 nitrogen and oxygen atoms in total. The molecule has 0 radical (unpaired) electrons. The Bertz CT molecular complexity index is 1020. The van der Waals surface area contributed by atoms with Crippen LogP contribution in [0.15, 0.2) is 48.8 Å². The van der Waals surface area contributed by atoms with E-state index in [9.17, 15) is 9.90 Å². The number of carbonyl (C=O) groups is 1. The van der Waals surface area contributed by atoms with E-state index in [0.717, 1.165) is 22.6 Å². The van der Waals surface area contributed by atoms with Gasteiger partial charge in [-0.3, -0.25) is 9.78 Å². The largest absolute Gasteiger partial charge is 0.492 e. The van der Waals surface area contributed by atoms with Crippen molar-refractivity contribution in [3.63, 3.8) is 0 Å². The number of aliphatic carboxylic acids is 1. The number of benzene rings is 1. The van der Waals surface area contributed by atoms with Crippen LogP contribution in [0, 0.1) is 5.41 Å². The quantitative estimate of drug-likeness (QED) is 0.515. The Hall–Kier alpha value is -3.15. The van der Waals surface area contributed by atoms with Crippen molar-refractivity contribution in [2.75, 3.05) is 6.61 Å². The second-order valence-corrected chi connectivity index (χ2v) is 8.96. The summed E-state index contributed by atoms with van der Waals surface area (Å²) in [6.45, 7) is 3.40. The summed E-state index contributed by atoms with van der Waals surface area (Å²) in [4.78, 5) is 23.9. The summed E-state index contributed by atoms with van der Waals surface area (Å²) in [6, 6.07) is 11.6. The fraction of sp³-hybridized carbons (Fsp3) is 0.400. The van der Waals surface area contributed by atoms with Gasteiger partial charge in [-0.05, 0) is 63.1 Å². The SMILES string of the molecule is CC(C)(COc1ccc(-c2ccc(-c3ncc(C4CCCCC4)[nH]3)cn2)cc1)C(=O)O. The zero-order valence-electron chi connectivity index (χ0n) is 18.1. The van der Waals surface area contributed by atoms with Crippen molar-refractivity contribution in [3.05, 3.63) is 54.5 Å². The summed E-state index contributed by atoms with van der Waals surface area (Å²) in [7, 11) is 0. The van der Waals surface area contributed by atoms with Gasteiger partial charge in [0.25, 0.3) is 0 Å². The molecule has 0 atom stereocenters. The standard InChI is InChI=1S/C25H29N3O3/c1-25(2,24(29)30)16-31-20-11-8-18(9-12-20)21-13-10-19(14-26-21)23-27-15-22(28-23)17-6-4-3-5-7-17/h8-15,17H,3-7,16H2,1-2H3,(H,27,28)(H,29,30). The van der Waals surface area contributed by atoms with E-state index in [4.69, 9.17) is 4.74 Å². The van der Waals surface area contributed by atoms with Crippen molar-refractivity contribution >= 4 is 5.97 Å². The van der Waals surface area contributed by atoms with Crippen molar-refractivity contribution in [2.45, 2.75) is 51.9 Å². The topological polar surface area (TPSA) is 88.1 Å². The monoisotopic (exact) mass is 419 g/mol. The van der Waals surface area contributed by atoms with Gasteiger partial charge in [0, 0.05) is 35.1 Å². The van der Waals surface area contributed by atoms with Crippen LogP contribution < -0.4 is 4.74 Å². The molecule has 1 aliphatic carbocycles. The average molecular weight is 420 g/mol. The molecule has 1 aliphatic rings. The molecule has 1 fully saturated rings. The lowest BCUT2D eigenvalue weighted by atomic mass is 9.87. The van der Waals surface area contributed by atoms with E-state index < -0.39 is 11.4 Å². The van der Waals surface area contributed by atoms with Gasteiger partial charge in [0.15, 0.2) is 0 Å². The van der Waals surface area contributed by atoms with Crippen LogP contribution in [-0.2, 0) is 4.79 Å². The normalized spacial score (nSPS) is 15.0. The zero-order valence-corrected chi connectivity index (χ0v) is 18.1. The molecule has 31 heavy (non-hydrogen) atoms. The number of ether oxygens (including phenoxy) is 1. The highest BCUT2D eigenvalue weighted by Gasteiger charge is 2.28. The molecule has 2 N–H and O–H groups in total. The van der Waals surface area contributed by atoms with E-state index in [1.807, 2.05) is 48.8 Å². The van der Waals surface area contributed by atoms with Crippen LogP contribution in [0.3, 0.4) is 0 Å². The first-order chi connectivity index (χ1) is 14.9. The number of hydrogen-bond acceptors (Lipinski definition) is 4. The maximum atomic E-state index is 11.2. The summed E-state index contributed by atoms with van der Waals surface area (Å²) >= 11 is 0. The molecule has 0 unspecified atom stereocenters. The molecule has 6 heteroatoms. The van der Waals surface area contributed by atoms with Gasteiger partial charge in [0.2, 0.25) is 0 Å². The third-order valence-electron chi connectivity index (χ3n) is 6.01. The van der Waals surface area contributed by atoms with Gasteiger partial charge >= 0.3 is 5.97 Å². The van der Waals surface area contributed by atoms with Gasteiger partial charge in [-0.15, -0.1) is 0 Å². The van der Waals surface area contributed by atoms with E-state index in [0.29, 0.717) is 11.7 Å². The fourth-order valence-corrected chi connectivity index (χ4v) is 3.86. The Morgan fingerprint density at radius 2 is 1.74 bits per heavy atom. The summed E-state index contributed by atoms with van der Waals surface area (Å²) in [5.74, 6) is 1.23. The highest BCUT2D eigenvalue weighted by atomic mass is 16.5. The number of aromatic amines is 1. The summed E-state index contributed by atoms with van der Waals surface area (Å²) in [5.41, 5.74) is 3.11. The third-order valence-corrected chi connectivity index (χ3v) is 6.01. The van der Waals surface area contributed by atoms with E-state index in [-0.39, 0.29) is 6.61 Å². The number of nitrogens with one attached hydrogen (secondary N) is 1. The molecule has 2 heterocycles. The molecule has 0 saturated heterocycles. The van der Waals surface area contributed by atoms with Gasteiger partial charge in [-0.1, -0.05) is 19.3 Å². The number of carboxylic acid groups (broad SMARTS) is 1. The van der Waals surface area contributed by atoms with Crippen molar-refractivity contribution in [1.82, 2.24) is 15.0 Å². The number of carboxylic acids is 1. The molecule has 0 aliphatic heterocycles. The van der Waals surface area contributed by atoms with Crippen LogP contribution >= 0.6 is 0 Å². The van der Waals surface area contributed by atoms with Crippen molar-refractivity contribution < 1.29 is 14.6 Å². The summed E-state index contributed by atoms with van der Waals surface area (Å²) in [6.07, 6.45) is 10.3. The first-order valence-corrected chi connectivity index (χ1v) is 10.9. The first-order valence-electron chi connectivity index (χ1n) is 10.9. The lowest BCUT2D eigenvalue weighted by Gasteiger charge is -2.19. The molecule has 0 amide bonds. The van der Waals surface area contributed by atoms with Crippen LogP contribution in [0.2, 0.25) is 0 Å². The van der Waals surface area contributed by atoms with Crippen LogP contribution in [0.25, 0.3) is 22.6 Å². The van der Waals surface area contributed by atoms with E-state index >= 15 is 0 Å². The number of rotatable bonds is 7. The van der Waals surface area contributed by atoms with Crippen molar-refractivity contribution in [1.29, 1.82) is 0 Å². The minimum absolute atomic E-state index is 0.112. The van der Waals surface area contributed by atoms with Gasteiger partial charge in [0.05, 0.1) is 11.1 Å². The predicted molar refractivity (Wildman–Crippen MR) is 120 cm³/mol. The van der Waals surface area contributed by atoms with Gasteiger partial charge in [-0.2, -0.15) is 0 Å². The summed E-state index contributed by atoms with van der Waals surface area (Å²) < 4.78 is 5.64. The maximum absolute atomic E-state index is 11.2. The summed E-state index contributed by atoms with van der Waals surface area (Å²) in [5, 5.41) is 9.19. The maximum Gasteiger partial charge on any atom is 0.312 e. The number of H-pyrrole nitrogens is 1. The first kappa shape index (κ1) is 21.1. The van der Waals surface area contributed by atoms with Gasteiger partial charge in [-0.25, -0.2) is 4.98 Å². The fourth-order valence-electron chi connectivity index (χ4n) is 3.86. The van der Waals surface area contributed by atoms with Crippen LogP contribution in [0.5, 0.6) is 5.75 Å². The number of aromatic nitrogens is 3. The number of hydrogen-bond donors (Lipinski definition) is 2. The van der Waals surface area contributed by atoms with Crippen molar-refractivity contribution in [3.8, 4) is 28.4 Å². The second-order valence-electron chi connectivity index (χ2n) is 8.96. The Morgan fingerprint density at radius 3 is 2.39 bits per heavy atom. The minimum atomic E-state index is -0.932. The van der Waals surface area contributed by atoms with Gasteiger partial charge < -0.3 is 14.8 Å². The number of pyridine rings is 1. The molecular weight excluding hydrogens is 390 g/mol. The Labute approximate surface area is 182 Å². The van der Waals surface area contributed by atoms with Crippen LogP contribution in [-0.4, -0.2) is 32.6 Å². The van der Waals surface area contributed by atoms with Crippen LogP contribution in [0.4, 0.5) is 0 Å². The van der Waals surface area contributed by atoms with E-state index in [1.165, 1.54) is 37.8 Å². The highest BCUT2D eigenvalue weighted by molar-refractivity contribution is 5.73. The Morgan fingerprint density at radius 1 is 1.03 bits per heavy atom. The number of nitrogens with zero attached hydrogens (tertiary/aromatic N) is 2. The molecule has 0 spiro atoms. The minimum Gasteiger partial charge on any atom is -0.492 e. The molecule has 1 saturated carbocycles. The molecule has 1 aromatic carbocycles. The molecule has 4 rings (SSSR count). The smallest absolute Gasteiger partial charge is 0.312 e. The molecule has 162 valence electrons. The Kier molecular flexibility index (Phi) is 6.07. The lowest BCUT2D eigenvalue weighted by Crippen LogP contribution is -2.30. The third kappa shape index (κ3) is 4.95.